The highest BCUT2D eigenvalue weighted by Gasteiger charge is 2.22. The molecule has 0 amide bonds. The van der Waals surface area contributed by atoms with E-state index in [9.17, 15) is 4.79 Å². The Kier molecular flexibility index (Phi) is 5.28. The molecule has 0 saturated heterocycles. The summed E-state index contributed by atoms with van der Waals surface area (Å²) >= 11 is 0. The Bertz CT molecular complexity index is 203. The van der Waals surface area contributed by atoms with E-state index in [4.69, 9.17) is 5.11 Å². The van der Waals surface area contributed by atoms with E-state index in [1.165, 1.54) is 0 Å². The number of rotatable bonds is 6. The van der Waals surface area contributed by atoms with Gasteiger partial charge in [-0.15, -0.1) is 0 Å². The van der Waals surface area contributed by atoms with Crippen molar-refractivity contribution in [3.05, 3.63) is 12.3 Å². The lowest BCUT2D eigenvalue weighted by Crippen LogP contribution is -2.40. The minimum absolute atomic E-state index is 0.203. The molecule has 14 heavy (non-hydrogen) atoms. The Hall–Kier alpha value is -0.990. The fourth-order valence-corrected chi connectivity index (χ4v) is 1.47. The first-order valence-corrected chi connectivity index (χ1v) is 5.16. The highest BCUT2D eigenvalue weighted by Crippen LogP contribution is 2.17. The van der Waals surface area contributed by atoms with E-state index in [1.54, 1.807) is 0 Å². The maximum Gasteiger partial charge on any atom is 0.351 e. The maximum absolute atomic E-state index is 10.8. The monoisotopic (exact) mass is 199 g/mol. The lowest BCUT2D eigenvalue weighted by atomic mass is 10.1. The van der Waals surface area contributed by atoms with Gasteiger partial charge in [-0.25, -0.2) is 4.79 Å². The summed E-state index contributed by atoms with van der Waals surface area (Å²) in [5.74, 6) is -0.925. The fourth-order valence-electron chi connectivity index (χ4n) is 1.47. The predicted molar refractivity (Wildman–Crippen MR) is 58.1 cm³/mol. The number of aliphatic carboxylic acids is 1. The van der Waals surface area contributed by atoms with E-state index in [0.29, 0.717) is 0 Å². The van der Waals surface area contributed by atoms with Gasteiger partial charge in [-0.1, -0.05) is 20.4 Å². The maximum atomic E-state index is 10.8. The fraction of sp³-hybridized carbons (Fsp3) is 0.727. The minimum atomic E-state index is -0.925. The quantitative estimate of drug-likeness (QED) is 0.668. The van der Waals surface area contributed by atoms with Crippen molar-refractivity contribution in [2.24, 2.45) is 0 Å². The minimum Gasteiger partial charge on any atom is -0.477 e. The molecule has 0 bridgehead atoms. The molecular formula is C11H21NO2. The third-order valence-electron chi connectivity index (χ3n) is 2.69. The summed E-state index contributed by atoms with van der Waals surface area (Å²) in [6.45, 7) is 11.8. The number of nitrogens with zero attached hydrogens (tertiary/aromatic N) is 1. The Morgan fingerprint density at radius 3 is 1.86 bits per heavy atom. The van der Waals surface area contributed by atoms with Crippen molar-refractivity contribution in [3.8, 4) is 0 Å². The van der Waals surface area contributed by atoms with Gasteiger partial charge in [-0.2, -0.15) is 0 Å². The van der Waals surface area contributed by atoms with Crippen LogP contribution in [-0.2, 0) is 4.79 Å². The zero-order valence-electron chi connectivity index (χ0n) is 9.58. The lowest BCUT2D eigenvalue weighted by Gasteiger charge is -2.35. The summed E-state index contributed by atoms with van der Waals surface area (Å²) in [6.07, 6.45) is 1.85. The number of carbonyl (C=O) groups is 1. The van der Waals surface area contributed by atoms with Crippen molar-refractivity contribution in [3.63, 3.8) is 0 Å². The van der Waals surface area contributed by atoms with Gasteiger partial charge in [0.2, 0.25) is 0 Å². The number of hydrogen-bond acceptors (Lipinski definition) is 2. The van der Waals surface area contributed by atoms with E-state index < -0.39 is 5.97 Å². The van der Waals surface area contributed by atoms with Crippen LogP contribution in [0.2, 0.25) is 0 Å². The van der Waals surface area contributed by atoms with Crippen LogP contribution in [0.1, 0.15) is 40.5 Å². The third-order valence-corrected chi connectivity index (χ3v) is 2.69. The van der Waals surface area contributed by atoms with Gasteiger partial charge in [0.05, 0.1) is 0 Å². The molecule has 0 heterocycles. The van der Waals surface area contributed by atoms with Crippen LogP contribution in [-0.4, -0.2) is 28.1 Å². The Labute approximate surface area is 86.4 Å². The lowest BCUT2D eigenvalue weighted by molar-refractivity contribution is -0.135. The molecular weight excluding hydrogens is 178 g/mol. The van der Waals surface area contributed by atoms with E-state index in [1.807, 2.05) is 18.7 Å². The van der Waals surface area contributed by atoms with Crippen LogP contribution in [0.5, 0.6) is 0 Å². The molecule has 0 aromatic rings. The molecule has 0 aliphatic heterocycles. The van der Waals surface area contributed by atoms with Gasteiger partial charge in [-0.05, 0) is 26.7 Å². The van der Waals surface area contributed by atoms with Gasteiger partial charge in [0.25, 0.3) is 0 Å². The largest absolute Gasteiger partial charge is 0.477 e. The van der Waals surface area contributed by atoms with Gasteiger partial charge in [-0.3, -0.25) is 0 Å². The van der Waals surface area contributed by atoms with Crippen LogP contribution >= 0.6 is 0 Å². The molecule has 0 saturated carbocycles. The second-order valence-electron chi connectivity index (χ2n) is 3.67. The highest BCUT2D eigenvalue weighted by molar-refractivity contribution is 5.85. The summed E-state index contributed by atoms with van der Waals surface area (Å²) < 4.78 is 0. The van der Waals surface area contributed by atoms with Gasteiger partial charge in [0, 0.05) is 12.1 Å². The molecule has 0 aromatic heterocycles. The number of carboxylic acid groups (broad SMARTS) is 1. The molecule has 0 fully saturated rings. The van der Waals surface area contributed by atoms with E-state index in [0.717, 1.165) is 12.8 Å². The average Bonchev–Trinajstić information content (AvgIpc) is 2.16. The Morgan fingerprint density at radius 2 is 1.64 bits per heavy atom. The Morgan fingerprint density at radius 1 is 1.29 bits per heavy atom. The van der Waals surface area contributed by atoms with Gasteiger partial charge in [0.1, 0.15) is 5.70 Å². The van der Waals surface area contributed by atoms with Crippen LogP contribution in [0.3, 0.4) is 0 Å². The molecule has 3 heteroatoms. The summed E-state index contributed by atoms with van der Waals surface area (Å²) in [5.41, 5.74) is 0.203. The first kappa shape index (κ1) is 13.0. The van der Waals surface area contributed by atoms with Crippen molar-refractivity contribution in [2.45, 2.75) is 52.6 Å². The van der Waals surface area contributed by atoms with E-state index in [-0.39, 0.29) is 17.8 Å². The Balaban J connectivity index is 4.71. The molecule has 0 radical (unpaired) electrons. The molecule has 1 N–H and O–H groups in total. The zero-order valence-corrected chi connectivity index (χ0v) is 9.58. The second-order valence-corrected chi connectivity index (χ2v) is 3.67. The van der Waals surface area contributed by atoms with Crippen molar-refractivity contribution < 1.29 is 9.90 Å². The topological polar surface area (TPSA) is 40.5 Å². The van der Waals surface area contributed by atoms with Crippen LogP contribution in [0.25, 0.3) is 0 Å². The van der Waals surface area contributed by atoms with E-state index in [2.05, 4.69) is 20.4 Å². The first-order chi connectivity index (χ1) is 6.45. The van der Waals surface area contributed by atoms with E-state index >= 15 is 0 Å². The molecule has 0 aliphatic carbocycles. The van der Waals surface area contributed by atoms with Gasteiger partial charge < -0.3 is 10.0 Å². The standard InChI is InChI=1S/C11H21NO2/c1-6-8(3)12(9(4)7-2)10(5)11(13)14/h8-9H,5-7H2,1-4H3,(H,13,14). The van der Waals surface area contributed by atoms with Gasteiger partial charge >= 0.3 is 5.97 Å². The summed E-state index contributed by atoms with van der Waals surface area (Å²) in [7, 11) is 0. The molecule has 0 aromatic carbocycles. The average molecular weight is 199 g/mol. The molecule has 0 rings (SSSR count). The molecule has 0 spiro atoms. The second kappa shape index (κ2) is 5.68. The highest BCUT2D eigenvalue weighted by atomic mass is 16.4. The van der Waals surface area contributed by atoms with Crippen molar-refractivity contribution in [1.82, 2.24) is 4.90 Å². The molecule has 82 valence electrons. The van der Waals surface area contributed by atoms with Crippen molar-refractivity contribution in [1.29, 1.82) is 0 Å². The number of carboxylic acids is 1. The van der Waals surface area contributed by atoms with Crippen molar-refractivity contribution in [2.75, 3.05) is 0 Å². The SMILES string of the molecule is C=C(C(=O)O)N(C(C)CC)C(C)CC. The molecule has 0 aliphatic rings. The third kappa shape index (κ3) is 3.05. The first-order valence-electron chi connectivity index (χ1n) is 5.16. The zero-order chi connectivity index (χ0) is 11.3. The molecule has 3 nitrogen and oxygen atoms in total. The molecule has 2 atom stereocenters. The van der Waals surface area contributed by atoms with Crippen molar-refractivity contribution >= 4 is 5.97 Å². The van der Waals surface area contributed by atoms with Crippen LogP contribution in [0.15, 0.2) is 12.3 Å². The van der Waals surface area contributed by atoms with Crippen LogP contribution in [0, 0.1) is 0 Å². The number of hydrogen-bond donors (Lipinski definition) is 1. The smallest absolute Gasteiger partial charge is 0.351 e. The van der Waals surface area contributed by atoms with Crippen LogP contribution in [0.4, 0.5) is 0 Å². The summed E-state index contributed by atoms with van der Waals surface area (Å²) in [4.78, 5) is 12.7. The summed E-state index contributed by atoms with van der Waals surface area (Å²) in [5, 5.41) is 8.90. The normalized spacial score (nSPS) is 14.6. The molecule has 2 unspecified atom stereocenters. The predicted octanol–water partition coefficient (Wildman–Crippen LogP) is 2.48. The van der Waals surface area contributed by atoms with Gasteiger partial charge in [0.15, 0.2) is 0 Å². The van der Waals surface area contributed by atoms with Crippen LogP contribution < -0.4 is 0 Å². The summed E-state index contributed by atoms with van der Waals surface area (Å²) in [6, 6.07) is 0.460.